The summed E-state index contributed by atoms with van der Waals surface area (Å²) in [7, 11) is 1.42. The second-order valence-corrected chi connectivity index (χ2v) is 6.40. The van der Waals surface area contributed by atoms with Gasteiger partial charge in [-0.3, -0.25) is 4.99 Å². The number of halogens is 2. The molecular formula is C21H27F2N3O3. The average molecular weight is 407 g/mol. The average Bonchev–Trinajstić information content (AvgIpc) is 2.71. The van der Waals surface area contributed by atoms with Crippen LogP contribution in [0.25, 0.3) is 0 Å². The Bertz CT molecular complexity index is 800. The molecule has 3 N–H and O–H groups in total. The second-order valence-electron chi connectivity index (χ2n) is 6.40. The van der Waals surface area contributed by atoms with Crippen LogP contribution in [0.2, 0.25) is 0 Å². The SMILES string of the molecule is CCNC(=NCC(O)COc1ccc(F)cc1)NC(C)c1ccc(OC)c(F)c1. The van der Waals surface area contributed by atoms with Gasteiger partial charge in [0.1, 0.15) is 24.3 Å². The number of hydrogen-bond donors (Lipinski definition) is 3. The molecule has 0 aliphatic carbocycles. The van der Waals surface area contributed by atoms with Gasteiger partial charge in [-0.1, -0.05) is 6.07 Å². The molecule has 0 saturated heterocycles. The van der Waals surface area contributed by atoms with E-state index in [9.17, 15) is 13.9 Å². The van der Waals surface area contributed by atoms with Crippen molar-refractivity contribution in [2.45, 2.75) is 26.0 Å². The minimum Gasteiger partial charge on any atom is -0.494 e. The highest BCUT2D eigenvalue weighted by Crippen LogP contribution is 2.21. The molecule has 2 atom stereocenters. The topological polar surface area (TPSA) is 75.1 Å². The van der Waals surface area contributed by atoms with E-state index in [1.54, 1.807) is 12.1 Å². The molecule has 0 aromatic heterocycles. The summed E-state index contributed by atoms with van der Waals surface area (Å²) in [6, 6.07) is 10.1. The highest BCUT2D eigenvalue weighted by Gasteiger charge is 2.12. The van der Waals surface area contributed by atoms with Crippen LogP contribution in [-0.2, 0) is 0 Å². The molecule has 0 bridgehead atoms. The predicted molar refractivity (Wildman–Crippen MR) is 108 cm³/mol. The van der Waals surface area contributed by atoms with Crippen molar-refractivity contribution < 1.29 is 23.4 Å². The Morgan fingerprint density at radius 2 is 1.90 bits per heavy atom. The lowest BCUT2D eigenvalue weighted by Gasteiger charge is -2.19. The third-order valence-corrected chi connectivity index (χ3v) is 4.09. The monoisotopic (exact) mass is 407 g/mol. The molecule has 0 saturated carbocycles. The minimum absolute atomic E-state index is 0.0216. The van der Waals surface area contributed by atoms with Gasteiger partial charge in [0.2, 0.25) is 0 Å². The Hall–Kier alpha value is -2.87. The summed E-state index contributed by atoms with van der Waals surface area (Å²) in [6.45, 7) is 4.54. The molecule has 0 aliphatic rings. The lowest BCUT2D eigenvalue weighted by molar-refractivity contribution is 0.114. The van der Waals surface area contributed by atoms with E-state index in [-0.39, 0.29) is 30.8 Å². The van der Waals surface area contributed by atoms with E-state index >= 15 is 0 Å². The maximum absolute atomic E-state index is 13.9. The van der Waals surface area contributed by atoms with Gasteiger partial charge in [0, 0.05) is 6.54 Å². The first-order valence-corrected chi connectivity index (χ1v) is 9.37. The van der Waals surface area contributed by atoms with Gasteiger partial charge in [0.15, 0.2) is 17.5 Å². The van der Waals surface area contributed by atoms with Crippen LogP contribution in [0.1, 0.15) is 25.5 Å². The molecule has 8 heteroatoms. The quantitative estimate of drug-likeness (QED) is 0.440. The standard InChI is InChI=1S/C21H27F2N3O3/c1-4-24-21(26-14(2)15-5-10-20(28-3)19(23)11-15)25-12-17(27)13-29-18-8-6-16(22)7-9-18/h5-11,14,17,27H,4,12-13H2,1-3H3,(H2,24,25,26). The molecule has 2 rings (SSSR count). The van der Waals surface area contributed by atoms with Crippen LogP contribution >= 0.6 is 0 Å². The van der Waals surface area contributed by atoms with Crippen LogP contribution in [-0.4, -0.2) is 44.0 Å². The van der Waals surface area contributed by atoms with Crippen molar-refractivity contribution in [2.75, 3.05) is 26.8 Å². The Kier molecular flexibility index (Phi) is 8.67. The first-order chi connectivity index (χ1) is 13.9. The molecule has 0 heterocycles. The van der Waals surface area contributed by atoms with Crippen LogP contribution in [0.5, 0.6) is 11.5 Å². The number of guanidine groups is 1. The normalized spacial score (nSPS) is 13.5. The number of aliphatic hydroxyl groups excluding tert-OH is 1. The molecular weight excluding hydrogens is 380 g/mol. The van der Waals surface area contributed by atoms with Gasteiger partial charge in [0.05, 0.1) is 19.7 Å². The highest BCUT2D eigenvalue weighted by atomic mass is 19.1. The minimum atomic E-state index is -0.843. The largest absolute Gasteiger partial charge is 0.494 e. The number of rotatable bonds is 9. The fraction of sp³-hybridized carbons (Fsp3) is 0.381. The molecule has 2 aromatic carbocycles. The number of nitrogens with zero attached hydrogens (tertiary/aromatic N) is 1. The first kappa shape index (κ1) is 22.4. The fourth-order valence-corrected chi connectivity index (χ4v) is 2.53. The smallest absolute Gasteiger partial charge is 0.191 e. The fourth-order valence-electron chi connectivity index (χ4n) is 2.53. The number of aliphatic imine (C=N–C) groups is 1. The van der Waals surface area contributed by atoms with Gasteiger partial charge >= 0.3 is 0 Å². The Morgan fingerprint density at radius 3 is 2.52 bits per heavy atom. The molecule has 0 radical (unpaired) electrons. The van der Waals surface area contributed by atoms with Crippen LogP contribution in [0.4, 0.5) is 8.78 Å². The molecule has 158 valence electrons. The highest BCUT2D eigenvalue weighted by molar-refractivity contribution is 5.80. The van der Waals surface area contributed by atoms with Crippen molar-refractivity contribution in [1.82, 2.24) is 10.6 Å². The summed E-state index contributed by atoms with van der Waals surface area (Å²) < 4.78 is 37.2. The third-order valence-electron chi connectivity index (χ3n) is 4.09. The predicted octanol–water partition coefficient (Wildman–Crippen LogP) is 3.03. The van der Waals surface area contributed by atoms with E-state index in [1.165, 1.54) is 37.4 Å². The van der Waals surface area contributed by atoms with Crippen molar-refractivity contribution in [1.29, 1.82) is 0 Å². The van der Waals surface area contributed by atoms with E-state index in [2.05, 4.69) is 15.6 Å². The Labute approximate surface area is 169 Å². The molecule has 0 aliphatic heterocycles. The Morgan fingerprint density at radius 1 is 1.17 bits per heavy atom. The first-order valence-electron chi connectivity index (χ1n) is 9.37. The molecule has 2 unspecified atom stereocenters. The van der Waals surface area contributed by atoms with Gasteiger partial charge in [-0.2, -0.15) is 0 Å². The van der Waals surface area contributed by atoms with Crippen molar-refractivity contribution in [3.63, 3.8) is 0 Å². The number of benzene rings is 2. The number of aliphatic hydroxyl groups is 1. The van der Waals surface area contributed by atoms with Crippen LogP contribution < -0.4 is 20.1 Å². The second kappa shape index (κ2) is 11.2. The third kappa shape index (κ3) is 7.23. The van der Waals surface area contributed by atoms with Crippen LogP contribution in [0.3, 0.4) is 0 Å². The van der Waals surface area contributed by atoms with Gasteiger partial charge in [-0.25, -0.2) is 8.78 Å². The van der Waals surface area contributed by atoms with Gasteiger partial charge in [0.25, 0.3) is 0 Å². The molecule has 2 aromatic rings. The van der Waals surface area contributed by atoms with Crippen molar-refractivity contribution in [3.05, 3.63) is 59.7 Å². The maximum atomic E-state index is 13.9. The van der Waals surface area contributed by atoms with Crippen LogP contribution in [0, 0.1) is 11.6 Å². The van der Waals surface area contributed by atoms with Crippen molar-refractivity contribution in [2.24, 2.45) is 4.99 Å². The number of hydrogen-bond acceptors (Lipinski definition) is 4. The van der Waals surface area contributed by atoms with Gasteiger partial charge < -0.3 is 25.2 Å². The molecule has 0 amide bonds. The molecule has 29 heavy (non-hydrogen) atoms. The summed E-state index contributed by atoms with van der Waals surface area (Å²) >= 11 is 0. The maximum Gasteiger partial charge on any atom is 0.191 e. The zero-order valence-corrected chi connectivity index (χ0v) is 16.8. The van der Waals surface area contributed by atoms with Gasteiger partial charge in [-0.05, 0) is 55.8 Å². The number of ether oxygens (including phenoxy) is 2. The number of methoxy groups -OCH3 is 1. The lowest BCUT2D eigenvalue weighted by atomic mass is 10.1. The van der Waals surface area contributed by atoms with E-state index in [4.69, 9.17) is 9.47 Å². The molecule has 6 nitrogen and oxygen atoms in total. The molecule has 0 spiro atoms. The van der Waals surface area contributed by atoms with Crippen molar-refractivity contribution >= 4 is 5.96 Å². The zero-order valence-electron chi connectivity index (χ0n) is 16.8. The Balaban J connectivity index is 1.92. The summed E-state index contributed by atoms with van der Waals surface area (Å²) in [5.74, 6) is 0.348. The summed E-state index contributed by atoms with van der Waals surface area (Å²) in [4.78, 5) is 4.35. The van der Waals surface area contributed by atoms with Gasteiger partial charge in [-0.15, -0.1) is 0 Å². The van der Waals surface area contributed by atoms with E-state index in [0.29, 0.717) is 18.3 Å². The lowest BCUT2D eigenvalue weighted by Crippen LogP contribution is -2.39. The van der Waals surface area contributed by atoms with Crippen molar-refractivity contribution in [3.8, 4) is 11.5 Å². The van der Waals surface area contributed by atoms with E-state index in [0.717, 1.165) is 5.56 Å². The van der Waals surface area contributed by atoms with Crippen LogP contribution in [0.15, 0.2) is 47.5 Å². The molecule has 0 fully saturated rings. The van der Waals surface area contributed by atoms with E-state index in [1.807, 2.05) is 13.8 Å². The summed E-state index contributed by atoms with van der Waals surface area (Å²) in [5, 5.41) is 16.4. The summed E-state index contributed by atoms with van der Waals surface area (Å²) in [6.07, 6.45) is -0.843. The van der Waals surface area contributed by atoms with E-state index < -0.39 is 11.9 Å². The zero-order chi connectivity index (χ0) is 21.2. The number of nitrogens with one attached hydrogen (secondary N) is 2. The summed E-state index contributed by atoms with van der Waals surface area (Å²) in [5.41, 5.74) is 0.731.